The minimum Gasteiger partial charge on any atom is -0.384 e. The molecule has 1 aliphatic rings. The number of allylic oxidation sites excluding steroid dienone is 4. The maximum Gasteiger partial charge on any atom is 0.259 e. The fourth-order valence-corrected chi connectivity index (χ4v) is 3.69. The molecule has 1 aliphatic carbocycles. The summed E-state index contributed by atoms with van der Waals surface area (Å²) in [6, 6.07) is 14.1. The summed E-state index contributed by atoms with van der Waals surface area (Å²) in [6.45, 7) is 0. The lowest BCUT2D eigenvalue weighted by atomic mass is 9.97. The van der Waals surface area contributed by atoms with Gasteiger partial charge in [0.15, 0.2) is 0 Å². The van der Waals surface area contributed by atoms with Gasteiger partial charge in [-0.05, 0) is 54.3 Å². The van der Waals surface area contributed by atoms with Gasteiger partial charge in [-0.25, -0.2) is 13.4 Å². The van der Waals surface area contributed by atoms with Gasteiger partial charge in [0, 0.05) is 0 Å². The van der Waals surface area contributed by atoms with Crippen LogP contribution in [0.4, 0.5) is 11.6 Å². The van der Waals surface area contributed by atoms with Crippen LogP contribution in [0.5, 0.6) is 0 Å². The lowest BCUT2D eigenvalue weighted by molar-refractivity contribution is 0.605. The Bertz CT molecular complexity index is 1000. The van der Waals surface area contributed by atoms with E-state index in [9.17, 15) is 8.42 Å². The number of pyridine rings is 1. The molecule has 0 amide bonds. The van der Waals surface area contributed by atoms with Crippen molar-refractivity contribution >= 4 is 27.2 Å². The van der Waals surface area contributed by atoms with Crippen LogP contribution in [-0.4, -0.2) is 13.4 Å². The first kappa shape index (κ1) is 16.7. The maximum absolute atomic E-state index is 12.5. The fraction of sp³-hybridized carbons (Fsp3) is 0.111. The fourth-order valence-electron chi connectivity index (χ4n) is 2.55. The monoisotopic (exact) mass is 352 g/mol. The van der Waals surface area contributed by atoms with Crippen LogP contribution < -0.4 is 10.5 Å². The number of rotatable bonds is 4. The Kier molecular flexibility index (Phi) is 4.55. The van der Waals surface area contributed by atoms with Crippen LogP contribution >= 0.6 is 0 Å². The summed E-state index contributed by atoms with van der Waals surface area (Å²) in [5, 5.41) is 8.84. The second kappa shape index (κ2) is 6.79. The summed E-state index contributed by atoms with van der Waals surface area (Å²) < 4.78 is 27.4. The van der Waals surface area contributed by atoms with E-state index < -0.39 is 10.0 Å². The molecule has 0 saturated carbocycles. The Morgan fingerprint density at radius 2 is 1.84 bits per heavy atom. The van der Waals surface area contributed by atoms with Crippen LogP contribution in [0.1, 0.15) is 24.0 Å². The molecular weight excluding hydrogens is 336 g/mol. The molecule has 126 valence electrons. The maximum atomic E-state index is 12.5. The average Bonchev–Trinajstić information content (AvgIpc) is 2.61. The van der Waals surface area contributed by atoms with Gasteiger partial charge in [-0.1, -0.05) is 24.3 Å². The molecule has 1 heterocycles. The Morgan fingerprint density at radius 3 is 2.44 bits per heavy atom. The van der Waals surface area contributed by atoms with Crippen molar-refractivity contribution < 1.29 is 8.42 Å². The highest BCUT2D eigenvalue weighted by atomic mass is 32.2. The third-order valence-electron chi connectivity index (χ3n) is 3.85. The number of nitrogens with one attached hydrogen (secondary N) is 1. The Hall–Kier alpha value is -3.11. The summed E-state index contributed by atoms with van der Waals surface area (Å²) in [6.07, 6.45) is 4.39. The Balaban J connectivity index is 1.80. The van der Waals surface area contributed by atoms with Crippen molar-refractivity contribution in [2.45, 2.75) is 12.8 Å². The second-order valence-corrected chi connectivity index (χ2v) is 7.30. The van der Waals surface area contributed by atoms with Gasteiger partial charge in [-0.2, -0.15) is 5.26 Å². The Morgan fingerprint density at radius 1 is 1.08 bits per heavy atom. The van der Waals surface area contributed by atoms with Gasteiger partial charge in [-0.3, -0.25) is 4.72 Å². The van der Waals surface area contributed by atoms with Crippen LogP contribution in [0.2, 0.25) is 0 Å². The molecule has 25 heavy (non-hydrogen) atoms. The summed E-state index contributed by atoms with van der Waals surface area (Å²) in [7, 11) is -3.66. The van der Waals surface area contributed by atoms with Crippen LogP contribution in [0.15, 0.2) is 59.5 Å². The molecule has 0 atom stereocenters. The van der Waals surface area contributed by atoms with Crippen molar-refractivity contribution in [3.8, 4) is 6.07 Å². The van der Waals surface area contributed by atoms with Gasteiger partial charge in [0.2, 0.25) is 0 Å². The standard InChI is InChI=1S/C18H16N4O2S/c19-12-13-4-6-14(7-5-13)15-8-10-16(11-9-15)25(23,24)22-18-3-1-2-17(20)21-18/h1-8,10H,9,11H2,(H3,20,21,22). The van der Waals surface area contributed by atoms with Gasteiger partial charge < -0.3 is 5.73 Å². The number of anilines is 2. The van der Waals surface area contributed by atoms with Crippen LogP contribution in [0.3, 0.4) is 0 Å². The Labute approximate surface area is 146 Å². The summed E-state index contributed by atoms with van der Waals surface area (Å²) >= 11 is 0. The number of benzene rings is 1. The molecule has 0 spiro atoms. The number of sulfonamides is 1. The molecule has 6 nitrogen and oxygen atoms in total. The smallest absolute Gasteiger partial charge is 0.259 e. The van der Waals surface area contributed by atoms with E-state index in [4.69, 9.17) is 11.0 Å². The molecule has 0 aliphatic heterocycles. The molecule has 1 aromatic carbocycles. The highest BCUT2D eigenvalue weighted by Crippen LogP contribution is 2.29. The topological polar surface area (TPSA) is 109 Å². The molecule has 0 saturated heterocycles. The molecule has 7 heteroatoms. The molecule has 0 radical (unpaired) electrons. The minimum atomic E-state index is -3.66. The van der Waals surface area contributed by atoms with E-state index in [1.807, 2.05) is 12.1 Å². The lowest BCUT2D eigenvalue weighted by Crippen LogP contribution is -2.17. The van der Waals surface area contributed by atoms with E-state index in [-0.39, 0.29) is 11.6 Å². The van der Waals surface area contributed by atoms with Crippen LogP contribution in [-0.2, 0) is 10.0 Å². The van der Waals surface area contributed by atoms with Crippen molar-refractivity contribution in [1.82, 2.24) is 4.98 Å². The van der Waals surface area contributed by atoms with E-state index >= 15 is 0 Å². The first-order valence-electron chi connectivity index (χ1n) is 7.63. The third-order valence-corrected chi connectivity index (χ3v) is 5.36. The molecule has 0 fully saturated rings. The van der Waals surface area contributed by atoms with Crippen molar-refractivity contribution in [3.05, 3.63) is 70.6 Å². The number of nitrogen functional groups attached to an aromatic ring is 1. The van der Waals surface area contributed by atoms with E-state index in [1.165, 1.54) is 0 Å². The van der Waals surface area contributed by atoms with Crippen molar-refractivity contribution in [1.29, 1.82) is 5.26 Å². The van der Waals surface area contributed by atoms with E-state index in [0.717, 1.165) is 11.1 Å². The molecule has 1 aromatic heterocycles. The van der Waals surface area contributed by atoms with Crippen LogP contribution in [0, 0.1) is 11.3 Å². The molecule has 0 unspecified atom stereocenters. The number of nitrogens with two attached hydrogens (primary N) is 1. The zero-order valence-electron chi connectivity index (χ0n) is 13.3. The average molecular weight is 352 g/mol. The van der Waals surface area contributed by atoms with Gasteiger partial charge in [0.25, 0.3) is 10.0 Å². The molecule has 2 aromatic rings. The van der Waals surface area contributed by atoms with Gasteiger partial charge in [0.05, 0.1) is 16.5 Å². The number of hydrogen-bond acceptors (Lipinski definition) is 5. The van der Waals surface area contributed by atoms with Gasteiger partial charge in [0.1, 0.15) is 11.6 Å². The summed E-state index contributed by atoms with van der Waals surface area (Å²) in [5.41, 5.74) is 8.18. The zero-order chi connectivity index (χ0) is 17.9. The first-order valence-corrected chi connectivity index (χ1v) is 9.12. The summed E-state index contributed by atoms with van der Waals surface area (Å²) in [5.74, 6) is 0.448. The highest BCUT2D eigenvalue weighted by Gasteiger charge is 2.21. The van der Waals surface area contributed by atoms with Crippen molar-refractivity contribution in [2.75, 3.05) is 10.5 Å². The van der Waals surface area contributed by atoms with E-state index in [1.54, 1.807) is 42.5 Å². The van der Waals surface area contributed by atoms with Crippen molar-refractivity contribution in [2.24, 2.45) is 0 Å². The molecule has 0 bridgehead atoms. The number of hydrogen-bond donors (Lipinski definition) is 2. The number of aromatic nitrogens is 1. The predicted octanol–water partition coefficient (Wildman–Crippen LogP) is 3.04. The largest absolute Gasteiger partial charge is 0.384 e. The lowest BCUT2D eigenvalue weighted by Gasteiger charge is -2.16. The molecule has 3 N–H and O–H groups in total. The third kappa shape index (κ3) is 3.87. The quantitative estimate of drug-likeness (QED) is 0.879. The SMILES string of the molecule is N#Cc1ccc(C2=CC=C(S(=O)(=O)Nc3cccc(N)n3)CC2)cc1. The minimum absolute atomic E-state index is 0.197. The van der Waals surface area contributed by atoms with Gasteiger partial charge in [-0.15, -0.1) is 0 Å². The predicted molar refractivity (Wildman–Crippen MR) is 97.6 cm³/mol. The second-order valence-electron chi connectivity index (χ2n) is 5.57. The van der Waals surface area contributed by atoms with E-state index in [2.05, 4.69) is 15.8 Å². The highest BCUT2D eigenvalue weighted by molar-refractivity contribution is 7.96. The number of nitrogens with zero attached hydrogens (tertiary/aromatic N) is 2. The molecule has 3 rings (SSSR count). The zero-order valence-corrected chi connectivity index (χ0v) is 14.1. The first-order chi connectivity index (χ1) is 12.0. The normalized spacial score (nSPS) is 14.2. The summed E-state index contributed by atoms with van der Waals surface area (Å²) in [4.78, 5) is 4.25. The number of nitriles is 1. The van der Waals surface area contributed by atoms with E-state index in [0.29, 0.717) is 23.3 Å². The molecular formula is C18H16N4O2S. The van der Waals surface area contributed by atoms with Crippen molar-refractivity contribution in [3.63, 3.8) is 0 Å². The van der Waals surface area contributed by atoms with Gasteiger partial charge >= 0.3 is 0 Å². The van der Waals surface area contributed by atoms with Crippen LogP contribution in [0.25, 0.3) is 5.57 Å².